The van der Waals surface area contributed by atoms with Crippen molar-refractivity contribution in [2.75, 3.05) is 25.0 Å². The first-order chi connectivity index (χ1) is 29.9. The summed E-state index contributed by atoms with van der Waals surface area (Å²) < 4.78 is 40.7. The van der Waals surface area contributed by atoms with Gasteiger partial charge in [0.15, 0.2) is 5.78 Å². The second kappa shape index (κ2) is 16.6. The van der Waals surface area contributed by atoms with Crippen molar-refractivity contribution in [1.29, 1.82) is 0 Å². The van der Waals surface area contributed by atoms with Crippen LogP contribution in [-0.4, -0.2) is 79.8 Å². The van der Waals surface area contributed by atoms with E-state index in [0.717, 1.165) is 96.9 Å². The molecular formula is C48H52F3N5O6S. The fraction of sp³-hybridized carbons (Fsp3) is 0.521. The number of fused-ring (bicyclic) bond motifs is 2. The topological polar surface area (TPSA) is 150 Å². The third kappa shape index (κ3) is 8.72. The number of nitrogens with one attached hydrogen (secondary N) is 1. The number of nitrogens with zero attached hydrogens (tertiary/aromatic N) is 4. The number of halogens is 3. The van der Waals surface area contributed by atoms with Gasteiger partial charge in [0.2, 0.25) is 0 Å². The van der Waals surface area contributed by atoms with Crippen LogP contribution >= 0.6 is 11.3 Å². The number of likely N-dealkylation sites (tertiary alicyclic amines) is 1. The molecular weight excluding hydrogens is 832 g/mol. The third-order valence-electron chi connectivity index (χ3n) is 14.3. The Morgan fingerprint density at radius 1 is 0.905 bits per heavy atom. The number of hydrogen-bond acceptors (Lipinski definition) is 10. The Hall–Kier alpha value is -4.86. The van der Waals surface area contributed by atoms with Crippen LogP contribution < -0.4 is 5.32 Å². The smallest absolute Gasteiger partial charge is 0.386 e. The Bertz CT molecular complexity index is 2490. The largest absolute Gasteiger partial charge is 0.433 e. The van der Waals surface area contributed by atoms with Gasteiger partial charge in [0.25, 0.3) is 17.7 Å². The monoisotopic (exact) mass is 883 g/mol. The molecule has 5 aliphatic rings. The number of anilines is 1. The van der Waals surface area contributed by atoms with E-state index < -0.39 is 41.2 Å². The molecule has 4 heterocycles. The number of aryl methyl sites for hydroxylation is 1. The molecule has 1 saturated heterocycles. The van der Waals surface area contributed by atoms with Crippen molar-refractivity contribution in [3.05, 3.63) is 87.2 Å². The van der Waals surface area contributed by atoms with Gasteiger partial charge in [-0.2, -0.15) is 13.2 Å². The lowest BCUT2D eigenvalue weighted by Crippen LogP contribution is -2.58. The summed E-state index contributed by atoms with van der Waals surface area (Å²) in [7, 11) is 0. The summed E-state index contributed by atoms with van der Waals surface area (Å²) in [5.41, 5.74) is 0.566. The Labute approximate surface area is 367 Å². The van der Waals surface area contributed by atoms with Crippen molar-refractivity contribution in [2.45, 2.75) is 121 Å². The van der Waals surface area contributed by atoms with E-state index in [-0.39, 0.29) is 36.5 Å². The van der Waals surface area contributed by atoms with Gasteiger partial charge in [0, 0.05) is 43.2 Å². The lowest BCUT2D eigenvalue weighted by molar-refractivity contribution is -0.141. The first-order valence-corrected chi connectivity index (χ1v) is 23.1. The maximum atomic E-state index is 13.6. The van der Waals surface area contributed by atoms with E-state index >= 15 is 0 Å². The quantitative estimate of drug-likeness (QED) is 0.118. The van der Waals surface area contributed by atoms with Crippen LogP contribution in [0.4, 0.5) is 18.9 Å². The molecule has 3 amide bonds. The zero-order valence-corrected chi connectivity index (χ0v) is 36.4. The number of Topliss-reactive ketones (excluding diaryl/α,β-unsaturated/α-hetero) is 2. The van der Waals surface area contributed by atoms with Crippen molar-refractivity contribution in [3.8, 4) is 0 Å². The van der Waals surface area contributed by atoms with Gasteiger partial charge < -0.3 is 15.3 Å². The summed E-state index contributed by atoms with van der Waals surface area (Å²) >= 11 is 1.55. The van der Waals surface area contributed by atoms with Crippen LogP contribution in [-0.2, 0) is 27.8 Å². The highest BCUT2D eigenvalue weighted by Crippen LogP contribution is 2.48. The van der Waals surface area contributed by atoms with E-state index in [2.05, 4.69) is 15.2 Å². The number of pyridine rings is 1. The van der Waals surface area contributed by atoms with Gasteiger partial charge >= 0.3 is 6.18 Å². The Kier molecular flexibility index (Phi) is 11.4. The van der Waals surface area contributed by atoms with E-state index in [0.29, 0.717) is 57.5 Å². The molecule has 2 N–H and O–H groups in total. The standard InChI is InChI=1S/C48H52F3N5O6S/c1-46(2,62)33-22-36-39(23-35(33)53-42(59)34-7-4-8-40(52-34)48(49,50)51)63-43(54-36)30-13-10-28(11-14-30)24-55-25-47(26-55)19-17-27(18-20-47)9-12-29-5-3-6-32-41(29)45(61)56(44(32)60)37-16-15-31(57)21-38(37)58/h3-8,22-23,27-28,30,37,62H,9-21,24-26H2,1-2H3,(H,53,59). The average Bonchev–Trinajstić information content (AvgIpc) is 3.76. The first kappa shape index (κ1) is 43.4. The molecule has 63 heavy (non-hydrogen) atoms. The molecule has 11 nitrogen and oxygen atoms in total. The second-order valence-corrected chi connectivity index (χ2v) is 20.3. The minimum absolute atomic E-state index is 0.141. The molecule has 1 spiro atoms. The fourth-order valence-corrected chi connectivity index (χ4v) is 12.1. The lowest BCUT2D eigenvalue weighted by atomic mass is 9.65. The molecule has 4 fully saturated rings. The first-order valence-electron chi connectivity index (χ1n) is 22.2. The molecule has 332 valence electrons. The Morgan fingerprint density at radius 3 is 2.33 bits per heavy atom. The van der Waals surface area contributed by atoms with E-state index in [1.807, 2.05) is 12.1 Å². The van der Waals surface area contributed by atoms with Crippen molar-refractivity contribution in [2.24, 2.45) is 17.3 Å². The molecule has 4 aromatic rings. The van der Waals surface area contributed by atoms with Crippen molar-refractivity contribution >= 4 is 56.5 Å². The molecule has 1 atom stereocenters. The summed E-state index contributed by atoms with van der Waals surface area (Å²) in [6.45, 7) is 6.54. The summed E-state index contributed by atoms with van der Waals surface area (Å²) in [5.74, 6) is -0.644. The molecule has 2 aliphatic heterocycles. The van der Waals surface area contributed by atoms with E-state index in [4.69, 9.17) is 4.98 Å². The maximum Gasteiger partial charge on any atom is 0.433 e. The number of aromatic nitrogens is 2. The highest BCUT2D eigenvalue weighted by atomic mass is 32.1. The molecule has 3 aliphatic carbocycles. The molecule has 2 aromatic carbocycles. The molecule has 1 unspecified atom stereocenters. The number of rotatable bonds is 10. The number of benzene rings is 2. The molecule has 3 saturated carbocycles. The van der Waals surface area contributed by atoms with Gasteiger partial charge in [-0.1, -0.05) is 18.2 Å². The fourth-order valence-electron chi connectivity index (χ4n) is 10.9. The van der Waals surface area contributed by atoms with E-state index in [9.17, 15) is 42.3 Å². The number of ketones is 2. The van der Waals surface area contributed by atoms with Crippen molar-refractivity contribution < 1.29 is 42.3 Å². The molecule has 0 radical (unpaired) electrons. The van der Waals surface area contributed by atoms with Crippen molar-refractivity contribution in [1.82, 2.24) is 19.8 Å². The van der Waals surface area contributed by atoms with Crippen LogP contribution in [0.5, 0.6) is 0 Å². The number of alkyl halides is 3. The van der Waals surface area contributed by atoms with Gasteiger partial charge in [0.1, 0.15) is 17.2 Å². The number of amides is 3. The van der Waals surface area contributed by atoms with Crippen LogP contribution in [0, 0.1) is 17.3 Å². The predicted molar refractivity (Wildman–Crippen MR) is 231 cm³/mol. The summed E-state index contributed by atoms with van der Waals surface area (Å²) in [6, 6.07) is 11.3. The zero-order valence-electron chi connectivity index (χ0n) is 35.6. The van der Waals surface area contributed by atoms with Gasteiger partial charge in [-0.3, -0.25) is 28.9 Å². The number of imide groups is 1. The summed E-state index contributed by atoms with van der Waals surface area (Å²) in [4.78, 5) is 76.7. The van der Waals surface area contributed by atoms with Gasteiger partial charge in [0.05, 0.1) is 44.4 Å². The summed E-state index contributed by atoms with van der Waals surface area (Å²) in [6.07, 6.45) is 6.12. The minimum atomic E-state index is -4.69. The SMILES string of the molecule is CC(C)(O)c1cc2nc(C3CCC(CN4CC5(CCC(CCc6cccc7c6C(=O)N(C6CCC(=O)CC6=O)C7=O)CC5)C4)CC3)sc2cc1NC(=O)c1cccc(C(F)(F)F)n1. The normalized spacial score (nSPS) is 23.4. The Morgan fingerprint density at radius 2 is 1.63 bits per heavy atom. The predicted octanol–water partition coefficient (Wildman–Crippen LogP) is 8.88. The van der Waals surface area contributed by atoms with E-state index in [1.165, 1.54) is 18.9 Å². The highest BCUT2D eigenvalue weighted by Gasteiger charge is 2.47. The zero-order chi connectivity index (χ0) is 44.4. The number of thiazole rings is 1. The summed E-state index contributed by atoms with van der Waals surface area (Å²) in [5, 5.41) is 14.7. The highest BCUT2D eigenvalue weighted by molar-refractivity contribution is 7.18. The minimum Gasteiger partial charge on any atom is -0.386 e. The van der Waals surface area contributed by atoms with Crippen molar-refractivity contribution in [3.63, 3.8) is 0 Å². The average molecular weight is 884 g/mol. The van der Waals surface area contributed by atoms with E-state index in [1.54, 1.807) is 43.4 Å². The molecule has 2 aromatic heterocycles. The van der Waals surface area contributed by atoms with Crippen LogP contribution in [0.15, 0.2) is 48.5 Å². The van der Waals surface area contributed by atoms with Gasteiger partial charge in [-0.25, -0.2) is 9.97 Å². The number of carbonyl (C=O) groups excluding carboxylic acids is 5. The van der Waals surface area contributed by atoms with Crippen LogP contribution in [0.25, 0.3) is 10.2 Å². The molecule has 9 rings (SSSR count). The van der Waals surface area contributed by atoms with Crippen LogP contribution in [0.3, 0.4) is 0 Å². The number of hydrogen-bond donors (Lipinski definition) is 2. The Balaban J connectivity index is 0.747. The van der Waals surface area contributed by atoms with Crippen LogP contribution in [0.2, 0.25) is 0 Å². The third-order valence-corrected chi connectivity index (χ3v) is 15.5. The number of aliphatic hydroxyl groups is 1. The molecule has 15 heteroatoms. The van der Waals surface area contributed by atoms with Gasteiger partial charge in [-0.15, -0.1) is 11.3 Å². The van der Waals surface area contributed by atoms with Crippen LogP contribution in [0.1, 0.15) is 150 Å². The van der Waals surface area contributed by atoms with Gasteiger partial charge in [-0.05, 0) is 138 Å². The second-order valence-electron chi connectivity index (χ2n) is 19.3. The molecule has 0 bridgehead atoms. The number of carbonyl (C=O) groups is 5. The maximum absolute atomic E-state index is 13.6. The lowest BCUT2D eigenvalue weighted by Gasteiger charge is -2.54.